The molecule has 0 aliphatic rings. The fourth-order valence-corrected chi connectivity index (χ4v) is 1.78. The molecule has 0 saturated heterocycles. The molecular formula is C14H14ClN3O3. The van der Waals surface area contributed by atoms with Crippen molar-refractivity contribution in [1.29, 1.82) is 0 Å². The quantitative estimate of drug-likeness (QED) is 0.845. The van der Waals surface area contributed by atoms with Crippen molar-refractivity contribution in [2.24, 2.45) is 0 Å². The van der Waals surface area contributed by atoms with Crippen LogP contribution in [-0.2, 0) is 16.0 Å². The summed E-state index contributed by atoms with van der Waals surface area (Å²) in [7, 11) is 0. The van der Waals surface area contributed by atoms with E-state index in [0.29, 0.717) is 23.7 Å². The molecule has 1 heterocycles. The molecule has 0 aliphatic carbocycles. The molecule has 2 aromatic rings. The van der Waals surface area contributed by atoms with Gasteiger partial charge in [-0.1, -0.05) is 28.9 Å². The number of nitrogens with one attached hydrogen (secondary N) is 2. The summed E-state index contributed by atoms with van der Waals surface area (Å²) in [5.74, 6) is -0.733. The van der Waals surface area contributed by atoms with E-state index in [1.807, 2.05) is 12.1 Å². The van der Waals surface area contributed by atoms with E-state index in [1.165, 1.54) is 6.07 Å². The number of aryl methyl sites for hydroxylation is 1. The third kappa shape index (κ3) is 4.61. The highest BCUT2D eigenvalue weighted by Crippen LogP contribution is 2.09. The third-order valence-corrected chi connectivity index (χ3v) is 2.94. The van der Waals surface area contributed by atoms with Crippen LogP contribution in [0.2, 0.25) is 5.02 Å². The molecule has 2 N–H and O–H groups in total. The molecule has 0 atom stereocenters. The van der Waals surface area contributed by atoms with Crippen molar-refractivity contribution in [1.82, 2.24) is 10.5 Å². The molecule has 0 radical (unpaired) electrons. The minimum Gasteiger partial charge on any atom is -0.360 e. The van der Waals surface area contributed by atoms with Gasteiger partial charge in [0.15, 0.2) is 5.82 Å². The Hall–Kier alpha value is -2.34. The van der Waals surface area contributed by atoms with Gasteiger partial charge in [-0.3, -0.25) is 14.9 Å². The van der Waals surface area contributed by atoms with Crippen LogP contribution >= 0.6 is 11.6 Å². The first-order valence-corrected chi connectivity index (χ1v) is 6.69. The second kappa shape index (κ2) is 6.90. The fraction of sp³-hybridized carbons (Fsp3) is 0.214. The summed E-state index contributed by atoms with van der Waals surface area (Å²) in [5.41, 5.74) is 1.02. The summed E-state index contributed by atoms with van der Waals surface area (Å²) in [6.07, 6.45) is 0.610. The Morgan fingerprint density at radius 2 is 1.95 bits per heavy atom. The van der Waals surface area contributed by atoms with Crippen LogP contribution in [0.4, 0.5) is 5.82 Å². The van der Waals surface area contributed by atoms with Gasteiger partial charge in [0.05, 0.1) is 0 Å². The zero-order chi connectivity index (χ0) is 15.2. The van der Waals surface area contributed by atoms with Crippen molar-refractivity contribution in [2.45, 2.75) is 13.3 Å². The highest BCUT2D eigenvalue weighted by molar-refractivity contribution is 6.39. The van der Waals surface area contributed by atoms with E-state index in [0.717, 1.165) is 5.56 Å². The normalized spacial score (nSPS) is 10.2. The zero-order valence-corrected chi connectivity index (χ0v) is 12.1. The molecule has 0 saturated carbocycles. The van der Waals surface area contributed by atoms with Crippen molar-refractivity contribution in [3.63, 3.8) is 0 Å². The lowest BCUT2D eigenvalue weighted by Crippen LogP contribution is -2.36. The highest BCUT2D eigenvalue weighted by atomic mass is 35.5. The molecule has 2 amide bonds. The molecule has 2 rings (SSSR count). The lowest BCUT2D eigenvalue weighted by atomic mass is 10.1. The average molecular weight is 308 g/mol. The van der Waals surface area contributed by atoms with Crippen LogP contribution in [0.1, 0.15) is 11.3 Å². The van der Waals surface area contributed by atoms with Crippen LogP contribution in [0.15, 0.2) is 34.9 Å². The van der Waals surface area contributed by atoms with E-state index in [1.54, 1.807) is 19.1 Å². The second-order valence-corrected chi connectivity index (χ2v) is 4.85. The molecule has 0 fully saturated rings. The molecule has 0 spiro atoms. The maximum Gasteiger partial charge on any atom is 0.314 e. The maximum absolute atomic E-state index is 11.6. The Balaban J connectivity index is 1.76. The fourth-order valence-electron chi connectivity index (χ4n) is 1.65. The van der Waals surface area contributed by atoms with Gasteiger partial charge < -0.3 is 9.84 Å². The molecule has 1 aromatic heterocycles. The van der Waals surface area contributed by atoms with Gasteiger partial charge >= 0.3 is 11.8 Å². The van der Waals surface area contributed by atoms with Crippen LogP contribution in [-0.4, -0.2) is 23.5 Å². The minimum atomic E-state index is -0.778. The maximum atomic E-state index is 11.6. The van der Waals surface area contributed by atoms with Crippen LogP contribution in [0, 0.1) is 6.92 Å². The Morgan fingerprint density at radius 3 is 2.57 bits per heavy atom. The van der Waals surface area contributed by atoms with Gasteiger partial charge in [-0.2, -0.15) is 0 Å². The standard InChI is InChI=1S/C14H14ClN3O3/c1-9-8-12(18-21-9)17-14(20)13(19)16-7-6-10-2-4-11(15)5-3-10/h2-5,8H,6-7H2,1H3,(H,16,19)(H,17,18,20). The molecule has 0 unspecified atom stereocenters. The molecule has 0 aliphatic heterocycles. The van der Waals surface area contributed by atoms with E-state index < -0.39 is 11.8 Å². The molecule has 7 heteroatoms. The zero-order valence-electron chi connectivity index (χ0n) is 11.4. The minimum absolute atomic E-state index is 0.213. The molecular weight excluding hydrogens is 294 g/mol. The first-order chi connectivity index (χ1) is 10.0. The summed E-state index contributed by atoms with van der Waals surface area (Å²) in [6.45, 7) is 2.04. The number of carbonyl (C=O) groups excluding carboxylic acids is 2. The van der Waals surface area contributed by atoms with E-state index in [4.69, 9.17) is 16.1 Å². The SMILES string of the molecule is Cc1cc(NC(=O)C(=O)NCCc2ccc(Cl)cc2)no1. The largest absolute Gasteiger partial charge is 0.360 e. The number of aromatic nitrogens is 1. The van der Waals surface area contributed by atoms with E-state index in [9.17, 15) is 9.59 Å². The first-order valence-electron chi connectivity index (χ1n) is 6.31. The lowest BCUT2D eigenvalue weighted by Gasteiger charge is -2.05. The number of halogens is 1. The number of nitrogens with zero attached hydrogens (tertiary/aromatic N) is 1. The molecule has 21 heavy (non-hydrogen) atoms. The Bertz CT molecular complexity index is 637. The van der Waals surface area contributed by atoms with Crippen LogP contribution in [0.3, 0.4) is 0 Å². The van der Waals surface area contributed by atoms with Crippen molar-refractivity contribution in [2.75, 3.05) is 11.9 Å². The number of hydrogen-bond donors (Lipinski definition) is 2. The topological polar surface area (TPSA) is 84.2 Å². The van der Waals surface area contributed by atoms with Crippen LogP contribution in [0.5, 0.6) is 0 Å². The van der Waals surface area contributed by atoms with E-state index in [-0.39, 0.29) is 5.82 Å². The van der Waals surface area contributed by atoms with Gasteiger partial charge in [0, 0.05) is 17.6 Å². The van der Waals surface area contributed by atoms with Gasteiger partial charge in [-0.15, -0.1) is 0 Å². The number of rotatable bonds is 4. The summed E-state index contributed by atoms with van der Waals surface area (Å²) in [5, 5.41) is 9.11. The average Bonchev–Trinajstić information content (AvgIpc) is 2.86. The molecule has 110 valence electrons. The predicted molar refractivity (Wildman–Crippen MR) is 78.0 cm³/mol. The summed E-state index contributed by atoms with van der Waals surface area (Å²) >= 11 is 5.78. The Morgan fingerprint density at radius 1 is 1.24 bits per heavy atom. The van der Waals surface area contributed by atoms with Crippen molar-refractivity contribution >= 4 is 29.2 Å². The smallest absolute Gasteiger partial charge is 0.314 e. The van der Waals surface area contributed by atoms with Gasteiger partial charge in [0.1, 0.15) is 5.76 Å². The van der Waals surface area contributed by atoms with Crippen molar-refractivity contribution in [3.8, 4) is 0 Å². The Labute approximate surface area is 126 Å². The highest BCUT2D eigenvalue weighted by Gasteiger charge is 2.14. The Kier molecular flexibility index (Phi) is 4.94. The first kappa shape index (κ1) is 15.1. The second-order valence-electron chi connectivity index (χ2n) is 4.41. The summed E-state index contributed by atoms with van der Waals surface area (Å²) in [6, 6.07) is 8.81. The lowest BCUT2D eigenvalue weighted by molar-refractivity contribution is -0.136. The van der Waals surface area contributed by atoms with Crippen molar-refractivity contribution < 1.29 is 14.1 Å². The predicted octanol–water partition coefficient (Wildman–Crippen LogP) is 1.93. The number of anilines is 1. The number of benzene rings is 1. The van der Waals surface area contributed by atoms with Gasteiger partial charge in [0.2, 0.25) is 0 Å². The van der Waals surface area contributed by atoms with E-state index in [2.05, 4.69) is 15.8 Å². The van der Waals surface area contributed by atoms with E-state index >= 15 is 0 Å². The van der Waals surface area contributed by atoms with Gasteiger partial charge in [0.25, 0.3) is 0 Å². The number of carbonyl (C=O) groups is 2. The van der Waals surface area contributed by atoms with Crippen LogP contribution in [0.25, 0.3) is 0 Å². The summed E-state index contributed by atoms with van der Waals surface area (Å²) < 4.78 is 4.79. The monoisotopic (exact) mass is 307 g/mol. The van der Waals surface area contributed by atoms with Crippen molar-refractivity contribution in [3.05, 3.63) is 46.7 Å². The van der Waals surface area contributed by atoms with Gasteiger partial charge in [-0.25, -0.2) is 0 Å². The summed E-state index contributed by atoms with van der Waals surface area (Å²) in [4.78, 5) is 23.2. The van der Waals surface area contributed by atoms with Crippen LogP contribution < -0.4 is 10.6 Å². The third-order valence-electron chi connectivity index (χ3n) is 2.69. The number of hydrogen-bond acceptors (Lipinski definition) is 4. The molecule has 1 aromatic carbocycles. The van der Waals surface area contributed by atoms with Gasteiger partial charge in [-0.05, 0) is 31.0 Å². The molecule has 0 bridgehead atoms. The number of amides is 2. The molecule has 6 nitrogen and oxygen atoms in total.